The zero-order valence-electron chi connectivity index (χ0n) is 11.5. The SMILES string of the molecule is CC(C)N(CC(F)(F)F)c1c(Cl)cccc1/C=C/C(=O)O. The molecule has 0 aromatic heterocycles. The van der Waals surface area contributed by atoms with Gasteiger partial charge in [-0.3, -0.25) is 0 Å². The van der Waals surface area contributed by atoms with Crippen LogP contribution in [0.5, 0.6) is 0 Å². The summed E-state index contributed by atoms with van der Waals surface area (Å²) in [7, 11) is 0. The maximum atomic E-state index is 12.7. The van der Waals surface area contributed by atoms with Crippen molar-refractivity contribution in [1.82, 2.24) is 0 Å². The van der Waals surface area contributed by atoms with E-state index in [1.54, 1.807) is 19.9 Å². The Balaban J connectivity index is 3.32. The van der Waals surface area contributed by atoms with Crippen LogP contribution in [0.2, 0.25) is 5.02 Å². The minimum atomic E-state index is -4.39. The molecule has 0 radical (unpaired) electrons. The number of carboxylic acids is 1. The highest BCUT2D eigenvalue weighted by molar-refractivity contribution is 6.33. The number of nitrogens with zero attached hydrogens (tertiary/aromatic N) is 1. The second-order valence-electron chi connectivity index (χ2n) is 4.69. The van der Waals surface area contributed by atoms with Gasteiger partial charge in [0.2, 0.25) is 0 Å². The molecule has 21 heavy (non-hydrogen) atoms. The van der Waals surface area contributed by atoms with E-state index in [4.69, 9.17) is 16.7 Å². The number of para-hydroxylation sites is 1. The lowest BCUT2D eigenvalue weighted by Crippen LogP contribution is -2.39. The Morgan fingerprint density at radius 1 is 1.43 bits per heavy atom. The maximum absolute atomic E-state index is 12.7. The molecule has 0 bridgehead atoms. The number of hydrogen-bond acceptors (Lipinski definition) is 2. The van der Waals surface area contributed by atoms with Gasteiger partial charge in [-0.15, -0.1) is 0 Å². The molecule has 0 fully saturated rings. The molecule has 1 aromatic carbocycles. The molecule has 0 saturated carbocycles. The summed E-state index contributed by atoms with van der Waals surface area (Å²) in [5.74, 6) is -1.19. The van der Waals surface area contributed by atoms with Crippen molar-refractivity contribution >= 4 is 29.3 Å². The lowest BCUT2D eigenvalue weighted by Gasteiger charge is -2.32. The summed E-state index contributed by atoms with van der Waals surface area (Å²) in [6.45, 7) is 2.06. The Morgan fingerprint density at radius 3 is 2.52 bits per heavy atom. The van der Waals surface area contributed by atoms with Crippen LogP contribution in [0.3, 0.4) is 0 Å². The van der Waals surface area contributed by atoms with E-state index in [0.717, 1.165) is 11.0 Å². The highest BCUT2D eigenvalue weighted by Gasteiger charge is 2.33. The summed E-state index contributed by atoms with van der Waals surface area (Å²) < 4.78 is 38.2. The first-order valence-electron chi connectivity index (χ1n) is 6.14. The standard InChI is InChI=1S/C14H15ClF3NO2/c1-9(2)19(8-14(16,17)18)13-10(6-7-12(20)21)4-3-5-11(13)15/h3-7,9H,8H2,1-2H3,(H,20,21)/b7-6+. The molecule has 0 heterocycles. The van der Waals surface area contributed by atoms with Crippen molar-refractivity contribution in [2.75, 3.05) is 11.4 Å². The first kappa shape index (κ1) is 17.4. The fraction of sp³-hybridized carbons (Fsp3) is 0.357. The Kier molecular flexibility index (Phi) is 5.66. The number of alkyl halides is 3. The minimum Gasteiger partial charge on any atom is -0.478 e. The van der Waals surface area contributed by atoms with Crippen LogP contribution < -0.4 is 4.90 Å². The number of anilines is 1. The van der Waals surface area contributed by atoms with E-state index >= 15 is 0 Å². The van der Waals surface area contributed by atoms with Crippen molar-refractivity contribution in [1.29, 1.82) is 0 Å². The molecular weight excluding hydrogens is 307 g/mol. The quantitative estimate of drug-likeness (QED) is 0.826. The second-order valence-corrected chi connectivity index (χ2v) is 5.09. The Bertz CT molecular complexity index is 542. The molecule has 0 spiro atoms. The van der Waals surface area contributed by atoms with Gasteiger partial charge in [0, 0.05) is 12.1 Å². The zero-order chi connectivity index (χ0) is 16.2. The van der Waals surface area contributed by atoms with Gasteiger partial charge in [0.05, 0.1) is 10.7 Å². The number of rotatable bonds is 5. The fourth-order valence-electron chi connectivity index (χ4n) is 1.84. The average Bonchev–Trinajstić information content (AvgIpc) is 2.32. The van der Waals surface area contributed by atoms with E-state index in [0.29, 0.717) is 5.56 Å². The summed E-state index contributed by atoms with van der Waals surface area (Å²) >= 11 is 6.02. The molecule has 116 valence electrons. The van der Waals surface area contributed by atoms with Crippen molar-refractivity contribution in [3.63, 3.8) is 0 Å². The summed E-state index contributed by atoms with van der Waals surface area (Å²) in [4.78, 5) is 11.7. The number of carbonyl (C=O) groups is 1. The number of carboxylic acid groups (broad SMARTS) is 1. The van der Waals surface area contributed by atoms with Crippen LogP contribution >= 0.6 is 11.6 Å². The van der Waals surface area contributed by atoms with E-state index in [2.05, 4.69) is 0 Å². The summed E-state index contributed by atoms with van der Waals surface area (Å²) in [5.41, 5.74) is 0.492. The molecule has 0 unspecified atom stereocenters. The van der Waals surface area contributed by atoms with E-state index in [1.807, 2.05) is 0 Å². The van der Waals surface area contributed by atoms with Gasteiger partial charge < -0.3 is 10.0 Å². The largest absolute Gasteiger partial charge is 0.478 e. The van der Waals surface area contributed by atoms with Crippen LogP contribution in [0.4, 0.5) is 18.9 Å². The van der Waals surface area contributed by atoms with Crippen molar-refractivity contribution < 1.29 is 23.1 Å². The van der Waals surface area contributed by atoms with Gasteiger partial charge in [0.25, 0.3) is 0 Å². The zero-order valence-corrected chi connectivity index (χ0v) is 12.2. The van der Waals surface area contributed by atoms with Gasteiger partial charge in [-0.1, -0.05) is 23.7 Å². The molecule has 1 aromatic rings. The van der Waals surface area contributed by atoms with E-state index < -0.39 is 24.7 Å². The molecule has 0 atom stereocenters. The second kappa shape index (κ2) is 6.85. The van der Waals surface area contributed by atoms with Crippen molar-refractivity contribution in [2.45, 2.75) is 26.1 Å². The third-order valence-corrected chi connectivity index (χ3v) is 2.99. The van der Waals surface area contributed by atoms with Gasteiger partial charge in [-0.2, -0.15) is 13.2 Å². The van der Waals surface area contributed by atoms with Crippen LogP contribution in [0.15, 0.2) is 24.3 Å². The van der Waals surface area contributed by atoms with Crippen molar-refractivity contribution in [3.8, 4) is 0 Å². The van der Waals surface area contributed by atoms with Crippen LogP contribution in [0, 0.1) is 0 Å². The average molecular weight is 322 g/mol. The minimum absolute atomic E-state index is 0.139. The molecule has 1 N–H and O–H groups in total. The molecule has 1 rings (SSSR count). The van der Waals surface area contributed by atoms with E-state index in [1.165, 1.54) is 18.2 Å². The Hall–Kier alpha value is -1.69. The third-order valence-electron chi connectivity index (χ3n) is 2.68. The Morgan fingerprint density at radius 2 is 2.05 bits per heavy atom. The third kappa shape index (κ3) is 5.30. The van der Waals surface area contributed by atoms with Gasteiger partial charge in [0.15, 0.2) is 0 Å². The topological polar surface area (TPSA) is 40.5 Å². The van der Waals surface area contributed by atoms with Gasteiger partial charge >= 0.3 is 12.1 Å². The van der Waals surface area contributed by atoms with Crippen LogP contribution in [0.25, 0.3) is 6.08 Å². The smallest absolute Gasteiger partial charge is 0.405 e. The Labute approximate surface area is 125 Å². The van der Waals surface area contributed by atoms with Gasteiger partial charge in [0.1, 0.15) is 6.54 Å². The predicted molar refractivity (Wildman–Crippen MR) is 76.7 cm³/mol. The fourth-order valence-corrected chi connectivity index (χ4v) is 2.13. The molecule has 0 aliphatic heterocycles. The first-order chi connectivity index (χ1) is 9.61. The molecule has 0 amide bonds. The summed E-state index contributed by atoms with van der Waals surface area (Å²) in [5, 5.41) is 8.80. The van der Waals surface area contributed by atoms with Gasteiger partial charge in [-0.25, -0.2) is 4.79 Å². The molecule has 7 heteroatoms. The number of hydrogen-bond donors (Lipinski definition) is 1. The van der Waals surface area contributed by atoms with Crippen LogP contribution in [-0.2, 0) is 4.79 Å². The predicted octanol–water partition coefficient (Wildman–Crippen LogP) is 4.21. The lowest BCUT2D eigenvalue weighted by molar-refractivity contribution is -0.131. The summed E-state index contributed by atoms with van der Waals surface area (Å²) in [6, 6.07) is 4.09. The summed E-state index contributed by atoms with van der Waals surface area (Å²) in [6.07, 6.45) is -2.30. The molecule has 0 aliphatic rings. The molecule has 0 aliphatic carbocycles. The van der Waals surface area contributed by atoms with Gasteiger partial charge in [-0.05, 0) is 31.6 Å². The first-order valence-corrected chi connectivity index (χ1v) is 6.52. The molecule has 0 saturated heterocycles. The highest BCUT2D eigenvalue weighted by Crippen LogP contribution is 2.34. The van der Waals surface area contributed by atoms with Crippen LogP contribution in [-0.4, -0.2) is 29.8 Å². The van der Waals surface area contributed by atoms with Crippen molar-refractivity contribution in [2.24, 2.45) is 0 Å². The molecular formula is C14H15ClF3NO2. The maximum Gasteiger partial charge on any atom is 0.405 e. The van der Waals surface area contributed by atoms with E-state index in [9.17, 15) is 18.0 Å². The highest BCUT2D eigenvalue weighted by atomic mass is 35.5. The number of aliphatic carboxylic acids is 1. The number of halogens is 4. The van der Waals surface area contributed by atoms with Crippen LogP contribution in [0.1, 0.15) is 19.4 Å². The van der Waals surface area contributed by atoms with Crippen molar-refractivity contribution in [3.05, 3.63) is 34.9 Å². The molecule has 3 nitrogen and oxygen atoms in total. The lowest BCUT2D eigenvalue weighted by atomic mass is 10.1. The monoisotopic (exact) mass is 321 g/mol. The van der Waals surface area contributed by atoms with E-state index in [-0.39, 0.29) is 10.7 Å². The normalized spacial score (nSPS) is 12.1. The number of benzene rings is 1.